The second-order valence-corrected chi connectivity index (χ2v) is 4.57. The highest BCUT2D eigenvalue weighted by Crippen LogP contribution is 2.28. The molecule has 0 heterocycles. The maximum absolute atomic E-state index is 2.30. The molecule has 0 aliphatic carbocycles. The first-order chi connectivity index (χ1) is 7.59. The van der Waals surface area contributed by atoms with Gasteiger partial charge in [0.15, 0.2) is 0 Å². The Bertz CT molecular complexity index is 522. The highest BCUT2D eigenvalue weighted by atomic mass is 14.1. The van der Waals surface area contributed by atoms with E-state index in [9.17, 15) is 0 Å². The Morgan fingerprint density at radius 2 is 1.19 bits per heavy atom. The summed E-state index contributed by atoms with van der Waals surface area (Å²) in [7, 11) is 0. The van der Waals surface area contributed by atoms with Crippen LogP contribution in [0, 0.1) is 27.7 Å². The largest absolute Gasteiger partial charge is 0.0620 e. The molecule has 2 aromatic carbocycles. The number of rotatable bonds is 1. The summed E-state index contributed by atoms with van der Waals surface area (Å²) in [6.45, 7) is 8.71. The molecule has 0 bridgehead atoms. The van der Waals surface area contributed by atoms with E-state index >= 15 is 0 Å². The molecule has 0 fully saturated rings. The van der Waals surface area contributed by atoms with Crippen LogP contribution in [0.2, 0.25) is 0 Å². The van der Waals surface area contributed by atoms with Gasteiger partial charge in [-0.2, -0.15) is 0 Å². The van der Waals surface area contributed by atoms with Crippen LogP contribution in [0.15, 0.2) is 36.4 Å². The van der Waals surface area contributed by atoms with Gasteiger partial charge < -0.3 is 0 Å². The zero-order chi connectivity index (χ0) is 11.7. The van der Waals surface area contributed by atoms with Crippen molar-refractivity contribution in [2.75, 3.05) is 0 Å². The number of benzene rings is 2. The fraction of sp³-hybridized carbons (Fsp3) is 0.250. The molecule has 82 valence electrons. The van der Waals surface area contributed by atoms with E-state index < -0.39 is 0 Å². The predicted molar refractivity (Wildman–Crippen MR) is 70.8 cm³/mol. The van der Waals surface area contributed by atoms with Crippen molar-refractivity contribution in [1.29, 1.82) is 0 Å². The van der Waals surface area contributed by atoms with Gasteiger partial charge in [-0.15, -0.1) is 0 Å². The maximum atomic E-state index is 2.30. The Balaban J connectivity index is 2.65. The third kappa shape index (κ3) is 1.88. The molecule has 0 saturated heterocycles. The van der Waals surface area contributed by atoms with Gasteiger partial charge in [0.05, 0.1) is 0 Å². The number of hydrogen-bond donors (Lipinski definition) is 0. The molecule has 0 aromatic heterocycles. The standard InChI is InChI=1S/C16H18/c1-11-7-5-6-8-15(11)16-10-13(3)12(2)9-14(16)4/h5-10H,1-4H3. The van der Waals surface area contributed by atoms with Gasteiger partial charge in [-0.3, -0.25) is 0 Å². The first-order valence-corrected chi connectivity index (χ1v) is 5.73. The minimum absolute atomic E-state index is 1.34. The zero-order valence-electron chi connectivity index (χ0n) is 10.5. The Labute approximate surface area is 97.9 Å². The molecule has 0 saturated carbocycles. The van der Waals surface area contributed by atoms with E-state index in [1.807, 2.05) is 0 Å². The topological polar surface area (TPSA) is 0 Å². The van der Waals surface area contributed by atoms with E-state index in [2.05, 4.69) is 64.1 Å². The maximum Gasteiger partial charge on any atom is -0.0149 e. The summed E-state index contributed by atoms with van der Waals surface area (Å²) in [6, 6.07) is 13.1. The quantitative estimate of drug-likeness (QED) is 0.646. The molecular formula is C16H18. The Morgan fingerprint density at radius 1 is 0.562 bits per heavy atom. The third-order valence-electron chi connectivity index (χ3n) is 3.28. The van der Waals surface area contributed by atoms with Crippen LogP contribution in [-0.4, -0.2) is 0 Å². The Kier molecular flexibility index (Phi) is 2.82. The summed E-state index contributed by atoms with van der Waals surface area (Å²) >= 11 is 0. The minimum atomic E-state index is 1.34. The van der Waals surface area contributed by atoms with Crippen molar-refractivity contribution in [2.24, 2.45) is 0 Å². The first kappa shape index (κ1) is 10.9. The Morgan fingerprint density at radius 3 is 1.88 bits per heavy atom. The van der Waals surface area contributed by atoms with Crippen molar-refractivity contribution in [1.82, 2.24) is 0 Å². The molecule has 2 aromatic rings. The molecule has 2 rings (SSSR count). The lowest BCUT2D eigenvalue weighted by Crippen LogP contribution is -1.90. The monoisotopic (exact) mass is 210 g/mol. The second-order valence-electron chi connectivity index (χ2n) is 4.57. The van der Waals surface area contributed by atoms with Gasteiger partial charge in [-0.1, -0.05) is 36.4 Å². The molecular weight excluding hydrogens is 192 g/mol. The SMILES string of the molecule is Cc1cc(C)c(-c2ccccc2C)cc1C. The lowest BCUT2D eigenvalue weighted by molar-refractivity contribution is 1.29. The molecule has 0 amide bonds. The van der Waals surface area contributed by atoms with Gasteiger partial charge >= 0.3 is 0 Å². The van der Waals surface area contributed by atoms with Crippen molar-refractivity contribution in [2.45, 2.75) is 27.7 Å². The van der Waals surface area contributed by atoms with Gasteiger partial charge in [-0.05, 0) is 61.1 Å². The molecule has 0 aliphatic rings. The molecule has 0 nitrogen and oxygen atoms in total. The van der Waals surface area contributed by atoms with Crippen molar-refractivity contribution >= 4 is 0 Å². The van der Waals surface area contributed by atoms with E-state index in [0.717, 1.165) is 0 Å². The van der Waals surface area contributed by atoms with Gasteiger partial charge in [0.2, 0.25) is 0 Å². The lowest BCUT2D eigenvalue weighted by atomic mass is 9.93. The highest BCUT2D eigenvalue weighted by Gasteiger charge is 2.06. The molecule has 0 heteroatoms. The van der Waals surface area contributed by atoms with Crippen LogP contribution in [0.3, 0.4) is 0 Å². The average molecular weight is 210 g/mol. The number of aryl methyl sites for hydroxylation is 4. The van der Waals surface area contributed by atoms with E-state index in [-0.39, 0.29) is 0 Å². The summed E-state index contributed by atoms with van der Waals surface area (Å²) in [4.78, 5) is 0. The number of hydrogen-bond acceptors (Lipinski definition) is 0. The molecule has 0 N–H and O–H groups in total. The van der Waals surface area contributed by atoms with E-state index in [1.165, 1.54) is 33.4 Å². The van der Waals surface area contributed by atoms with Gasteiger partial charge in [-0.25, -0.2) is 0 Å². The van der Waals surface area contributed by atoms with Crippen LogP contribution in [0.4, 0.5) is 0 Å². The third-order valence-corrected chi connectivity index (χ3v) is 3.28. The molecule has 0 spiro atoms. The highest BCUT2D eigenvalue weighted by molar-refractivity contribution is 5.71. The Hall–Kier alpha value is -1.56. The fourth-order valence-corrected chi connectivity index (χ4v) is 2.13. The van der Waals surface area contributed by atoms with E-state index in [4.69, 9.17) is 0 Å². The second kappa shape index (κ2) is 4.13. The smallest absolute Gasteiger partial charge is 0.0149 e. The minimum Gasteiger partial charge on any atom is -0.0620 e. The summed E-state index contributed by atoms with van der Waals surface area (Å²) in [5, 5.41) is 0. The molecule has 0 atom stereocenters. The van der Waals surface area contributed by atoms with E-state index in [0.29, 0.717) is 0 Å². The molecule has 0 unspecified atom stereocenters. The van der Waals surface area contributed by atoms with Crippen molar-refractivity contribution < 1.29 is 0 Å². The van der Waals surface area contributed by atoms with Crippen LogP contribution in [0.1, 0.15) is 22.3 Å². The molecule has 16 heavy (non-hydrogen) atoms. The lowest BCUT2D eigenvalue weighted by Gasteiger charge is -2.12. The van der Waals surface area contributed by atoms with Gasteiger partial charge in [0.25, 0.3) is 0 Å². The average Bonchev–Trinajstić information content (AvgIpc) is 2.25. The first-order valence-electron chi connectivity index (χ1n) is 5.73. The normalized spacial score (nSPS) is 10.5. The molecule has 0 aliphatic heterocycles. The van der Waals surface area contributed by atoms with Crippen LogP contribution in [0.5, 0.6) is 0 Å². The fourth-order valence-electron chi connectivity index (χ4n) is 2.13. The van der Waals surface area contributed by atoms with Crippen LogP contribution >= 0.6 is 0 Å². The van der Waals surface area contributed by atoms with Crippen molar-refractivity contribution in [3.05, 3.63) is 58.7 Å². The van der Waals surface area contributed by atoms with Crippen molar-refractivity contribution in [3.8, 4) is 11.1 Å². The van der Waals surface area contributed by atoms with Gasteiger partial charge in [0.1, 0.15) is 0 Å². The summed E-state index contributed by atoms with van der Waals surface area (Å²) in [5.41, 5.74) is 8.15. The van der Waals surface area contributed by atoms with Crippen LogP contribution in [0.25, 0.3) is 11.1 Å². The summed E-state index contributed by atoms with van der Waals surface area (Å²) < 4.78 is 0. The predicted octanol–water partition coefficient (Wildman–Crippen LogP) is 4.59. The summed E-state index contributed by atoms with van der Waals surface area (Å²) in [6.07, 6.45) is 0. The van der Waals surface area contributed by atoms with Crippen molar-refractivity contribution in [3.63, 3.8) is 0 Å². The summed E-state index contributed by atoms with van der Waals surface area (Å²) in [5.74, 6) is 0. The molecule has 0 radical (unpaired) electrons. The van der Waals surface area contributed by atoms with Crippen LogP contribution in [-0.2, 0) is 0 Å². The van der Waals surface area contributed by atoms with E-state index in [1.54, 1.807) is 0 Å². The zero-order valence-corrected chi connectivity index (χ0v) is 10.5. The van der Waals surface area contributed by atoms with Crippen LogP contribution < -0.4 is 0 Å². The van der Waals surface area contributed by atoms with Gasteiger partial charge in [0, 0.05) is 0 Å².